The molecule has 7 nitrogen and oxygen atoms in total. The van der Waals surface area contributed by atoms with Gasteiger partial charge in [0, 0.05) is 23.7 Å². The van der Waals surface area contributed by atoms with Gasteiger partial charge in [-0.3, -0.25) is 9.79 Å². The van der Waals surface area contributed by atoms with Crippen LogP contribution in [0.5, 0.6) is 0 Å². The molecule has 2 atom stereocenters. The maximum Gasteiger partial charge on any atom is 0.336 e. The molecule has 0 amide bonds. The smallest absolute Gasteiger partial charge is 0.336 e. The first-order valence-electron chi connectivity index (χ1n) is 8.59. The monoisotopic (exact) mass is 394 g/mol. The second-order valence-electron chi connectivity index (χ2n) is 5.75. The van der Waals surface area contributed by atoms with E-state index in [2.05, 4.69) is 4.99 Å². The van der Waals surface area contributed by atoms with Gasteiger partial charge in [-0.1, -0.05) is 29.8 Å². The maximum absolute atomic E-state index is 12.8. The number of carbonyl (C=O) groups excluding carboxylic acids is 2. The van der Waals surface area contributed by atoms with Crippen LogP contribution in [0.1, 0.15) is 18.4 Å². The molecule has 0 saturated carbocycles. The molecule has 0 fully saturated rings. The fourth-order valence-corrected chi connectivity index (χ4v) is 3.17. The lowest BCUT2D eigenvalue weighted by Crippen LogP contribution is -2.33. The van der Waals surface area contributed by atoms with Crippen LogP contribution in [0.3, 0.4) is 0 Å². The lowest BCUT2D eigenvalue weighted by molar-refractivity contribution is -0.143. The maximum atomic E-state index is 12.8. The number of hydrogen-bond donors (Lipinski definition) is 1. The third kappa shape index (κ3) is 4.94. The zero-order chi connectivity index (χ0) is 19.8. The molecule has 0 bridgehead atoms. The normalized spacial score (nSPS) is 19.1. The van der Waals surface area contributed by atoms with Gasteiger partial charge in [0.05, 0.1) is 38.2 Å². The Morgan fingerprint density at radius 2 is 2.04 bits per heavy atom. The van der Waals surface area contributed by atoms with Gasteiger partial charge in [-0.15, -0.1) is 0 Å². The molecule has 1 aromatic rings. The number of halogens is 1. The average Bonchev–Trinajstić information content (AvgIpc) is 2.67. The van der Waals surface area contributed by atoms with Crippen molar-refractivity contribution in [1.82, 2.24) is 0 Å². The second-order valence-corrected chi connectivity index (χ2v) is 6.16. The highest BCUT2D eigenvalue weighted by molar-refractivity contribution is 6.31. The summed E-state index contributed by atoms with van der Waals surface area (Å²) in [6.45, 7) is 2.60. The molecule has 0 saturated heterocycles. The van der Waals surface area contributed by atoms with Crippen LogP contribution in [0.15, 0.2) is 40.5 Å². The topological polar surface area (TPSA) is 100 Å². The molecule has 2 rings (SSSR count). The molecular formula is C19H23ClN2O5. The van der Waals surface area contributed by atoms with Crippen molar-refractivity contribution in [2.45, 2.75) is 12.8 Å². The molecule has 2 N–H and O–H groups in total. The first-order valence-corrected chi connectivity index (χ1v) is 8.97. The molecule has 0 radical (unpaired) electrons. The Bertz CT molecular complexity index is 747. The van der Waals surface area contributed by atoms with Gasteiger partial charge < -0.3 is 19.9 Å². The Kier molecular flexibility index (Phi) is 7.97. The predicted octanol–water partition coefficient (Wildman–Crippen LogP) is 2.09. The van der Waals surface area contributed by atoms with Crippen molar-refractivity contribution >= 4 is 29.8 Å². The minimum absolute atomic E-state index is 0.0662. The summed E-state index contributed by atoms with van der Waals surface area (Å²) in [7, 11) is 1.29. The average molecular weight is 395 g/mol. The van der Waals surface area contributed by atoms with E-state index in [0.29, 0.717) is 29.4 Å². The lowest BCUT2D eigenvalue weighted by Gasteiger charge is -2.29. The molecule has 0 aromatic heterocycles. The van der Waals surface area contributed by atoms with Crippen molar-refractivity contribution in [2.24, 2.45) is 16.6 Å². The number of rotatable bonds is 8. The van der Waals surface area contributed by atoms with Crippen molar-refractivity contribution < 1.29 is 23.8 Å². The zero-order valence-corrected chi connectivity index (χ0v) is 16.1. The van der Waals surface area contributed by atoms with Crippen molar-refractivity contribution in [3.8, 4) is 0 Å². The van der Waals surface area contributed by atoms with E-state index < -0.39 is 23.8 Å². The summed E-state index contributed by atoms with van der Waals surface area (Å²) >= 11 is 6.37. The Balaban J connectivity index is 2.58. The van der Waals surface area contributed by atoms with Crippen LogP contribution in [0, 0.1) is 5.92 Å². The van der Waals surface area contributed by atoms with E-state index in [1.807, 2.05) is 0 Å². The Hall–Kier alpha value is -2.22. The number of methoxy groups -OCH3 is 1. The number of nitrogens with two attached hydrogens (primary N) is 1. The quantitative estimate of drug-likeness (QED) is 0.535. The molecule has 1 aliphatic rings. The largest absolute Gasteiger partial charge is 0.468 e. The number of esters is 2. The third-order valence-corrected chi connectivity index (χ3v) is 4.43. The van der Waals surface area contributed by atoms with Crippen molar-refractivity contribution in [3.63, 3.8) is 0 Å². The summed E-state index contributed by atoms with van der Waals surface area (Å²) in [5.41, 5.74) is 6.68. The van der Waals surface area contributed by atoms with Crippen LogP contribution < -0.4 is 5.73 Å². The minimum atomic E-state index is -0.812. The highest BCUT2D eigenvalue weighted by atomic mass is 35.5. The highest BCUT2D eigenvalue weighted by Gasteiger charge is 2.40. The Labute approximate surface area is 163 Å². The van der Waals surface area contributed by atoms with E-state index in [1.54, 1.807) is 31.2 Å². The molecular weight excluding hydrogens is 372 g/mol. The van der Waals surface area contributed by atoms with Crippen molar-refractivity contribution in [3.05, 3.63) is 46.1 Å². The molecule has 1 aromatic carbocycles. The number of carbonyl (C=O) groups is 2. The van der Waals surface area contributed by atoms with Gasteiger partial charge in [0.1, 0.15) is 5.92 Å². The summed E-state index contributed by atoms with van der Waals surface area (Å²) in [5, 5.41) is 0.427. The third-order valence-electron chi connectivity index (χ3n) is 4.08. The number of benzene rings is 1. The fraction of sp³-hybridized carbons (Fsp3) is 0.421. The molecule has 8 heteroatoms. The van der Waals surface area contributed by atoms with E-state index in [4.69, 9.17) is 31.5 Å². The van der Waals surface area contributed by atoms with Crippen LogP contribution >= 0.6 is 11.6 Å². The van der Waals surface area contributed by atoms with Gasteiger partial charge in [-0.25, -0.2) is 4.79 Å². The SMILES string of the molecule is CCOC(=O)C1=C(COCCN)N=CC(C(=O)OC)[C@H]1c1ccccc1Cl. The lowest BCUT2D eigenvalue weighted by atomic mass is 9.78. The summed E-state index contributed by atoms with van der Waals surface area (Å²) in [6, 6.07) is 7.02. The van der Waals surface area contributed by atoms with E-state index in [-0.39, 0.29) is 18.8 Å². The molecule has 1 heterocycles. The van der Waals surface area contributed by atoms with Gasteiger partial charge in [-0.2, -0.15) is 0 Å². The van der Waals surface area contributed by atoms with Gasteiger partial charge in [0.25, 0.3) is 0 Å². The predicted molar refractivity (Wildman–Crippen MR) is 102 cm³/mol. The van der Waals surface area contributed by atoms with Crippen LogP contribution in [-0.2, 0) is 23.8 Å². The van der Waals surface area contributed by atoms with E-state index in [0.717, 1.165) is 0 Å². The van der Waals surface area contributed by atoms with E-state index in [1.165, 1.54) is 13.3 Å². The van der Waals surface area contributed by atoms with Gasteiger partial charge in [0.2, 0.25) is 0 Å². The van der Waals surface area contributed by atoms with Crippen LogP contribution in [0.25, 0.3) is 0 Å². The van der Waals surface area contributed by atoms with Crippen LogP contribution in [-0.4, -0.2) is 51.6 Å². The number of nitrogens with zero attached hydrogens (tertiary/aromatic N) is 1. The first kappa shape index (κ1) is 21.1. The van der Waals surface area contributed by atoms with Crippen LogP contribution in [0.2, 0.25) is 5.02 Å². The molecule has 1 aliphatic heterocycles. The minimum Gasteiger partial charge on any atom is -0.468 e. The molecule has 0 spiro atoms. The van der Waals surface area contributed by atoms with Gasteiger partial charge in [-0.05, 0) is 18.6 Å². The molecule has 0 aliphatic carbocycles. The number of hydrogen-bond acceptors (Lipinski definition) is 7. The fourth-order valence-electron chi connectivity index (χ4n) is 2.92. The summed E-state index contributed by atoms with van der Waals surface area (Å²) in [4.78, 5) is 29.4. The summed E-state index contributed by atoms with van der Waals surface area (Å²) in [5.74, 6) is -2.60. The summed E-state index contributed by atoms with van der Waals surface area (Å²) < 4.78 is 15.6. The zero-order valence-electron chi connectivity index (χ0n) is 15.3. The van der Waals surface area contributed by atoms with Gasteiger partial charge >= 0.3 is 11.9 Å². The standard InChI is InChI=1S/C19H23ClN2O5/c1-3-27-19(24)17-15(11-26-9-8-21)22-10-13(18(23)25-2)16(17)12-6-4-5-7-14(12)20/h4-7,10,13,16H,3,8-9,11,21H2,1-2H3/t13?,16-/m1/s1. The van der Waals surface area contributed by atoms with Gasteiger partial charge in [0.15, 0.2) is 0 Å². The highest BCUT2D eigenvalue weighted by Crippen LogP contribution is 2.40. The number of ether oxygens (including phenoxy) is 3. The Morgan fingerprint density at radius 3 is 2.67 bits per heavy atom. The van der Waals surface area contributed by atoms with E-state index >= 15 is 0 Å². The van der Waals surface area contributed by atoms with E-state index in [9.17, 15) is 9.59 Å². The van der Waals surface area contributed by atoms with Crippen molar-refractivity contribution in [2.75, 3.05) is 33.5 Å². The summed E-state index contributed by atoms with van der Waals surface area (Å²) in [6.07, 6.45) is 1.46. The molecule has 27 heavy (non-hydrogen) atoms. The molecule has 146 valence electrons. The number of aliphatic imine (C=N–C) groups is 1. The van der Waals surface area contributed by atoms with Crippen LogP contribution in [0.4, 0.5) is 0 Å². The molecule has 1 unspecified atom stereocenters. The second kappa shape index (κ2) is 10.2. The Morgan fingerprint density at radius 1 is 1.30 bits per heavy atom. The first-order chi connectivity index (χ1) is 13.0. The van der Waals surface area contributed by atoms with Crippen molar-refractivity contribution in [1.29, 1.82) is 0 Å².